The van der Waals surface area contributed by atoms with Gasteiger partial charge in [-0.3, -0.25) is 4.79 Å². The van der Waals surface area contributed by atoms with E-state index in [9.17, 15) is 4.79 Å². The lowest BCUT2D eigenvalue weighted by molar-refractivity contribution is -0.126. The van der Waals surface area contributed by atoms with Gasteiger partial charge in [-0.05, 0) is 19.3 Å². The lowest BCUT2D eigenvalue weighted by Gasteiger charge is -2.09. The minimum atomic E-state index is -0.0688. The number of amides is 1. The minimum absolute atomic E-state index is 0.0688. The van der Waals surface area contributed by atoms with Crippen LogP contribution < -0.4 is 10.6 Å². The normalized spacial score (nSPS) is 9.64. The first kappa shape index (κ1) is 23.2. The molecule has 0 atom stereocenters. The summed E-state index contributed by atoms with van der Waals surface area (Å²) in [7, 11) is 0. The number of carbonyl (C=O) groups excluding carboxylic acids is 1. The zero-order chi connectivity index (χ0) is 17.1. The summed E-state index contributed by atoms with van der Waals surface area (Å²) in [5, 5.41) is 5.97. The number of allylic oxidation sites excluding steroid dienone is 1. The Balaban J connectivity index is 0. The fraction of sp³-hybridized carbons (Fsp3) is 0.824. The topological polar surface area (TPSA) is 59.6 Å². The van der Waals surface area contributed by atoms with Gasteiger partial charge in [-0.1, -0.05) is 40.7 Å². The maximum absolute atomic E-state index is 11.2. The monoisotopic (exact) mass is 316 g/mol. The molecule has 0 fully saturated rings. The maximum atomic E-state index is 11.2. The largest absolute Gasteiger partial charge is 0.387 e. The third-order valence-electron chi connectivity index (χ3n) is 2.63. The molecule has 132 valence electrons. The highest BCUT2D eigenvalue weighted by molar-refractivity contribution is 5.77. The van der Waals surface area contributed by atoms with Gasteiger partial charge >= 0.3 is 0 Å². The summed E-state index contributed by atoms with van der Waals surface area (Å²) < 4.78 is 10.6. The van der Waals surface area contributed by atoms with Crippen molar-refractivity contribution in [3.8, 4) is 0 Å². The highest BCUT2D eigenvalue weighted by atomic mass is 16.5. The smallest absolute Gasteiger partial charge is 0.245 e. The van der Waals surface area contributed by atoms with Crippen LogP contribution in [0.5, 0.6) is 0 Å². The van der Waals surface area contributed by atoms with E-state index in [1.807, 2.05) is 20.8 Å². The molecule has 0 heterocycles. The van der Waals surface area contributed by atoms with E-state index in [4.69, 9.17) is 9.47 Å². The van der Waals surface area contributed by atoms with Crippen molar-refractivity contribution in [2.75, 3.05) is 39.5 Å². The van der Waals surface area contributed by atoms with Crippen molar-refractivity contribution >= 4 is 5.91 Å². The molecule has 0 aliphatic heterocycles. The van der Waals surface area contributed by atoms with Crippen molar-refractivity contribution in [2.24, 2.45) is 0 Å². The molecule has 0 radical (unpaired) electrons. The zero-order valence-corrected chi connectivity index (χ0v) is 15.0. The molecule has 0 aromatic heterocycles. The number of rotatable bonds is 14. The van der Waals surface area contributed by atoms with Crippen molar-refractivity contribution in [3.63, 3.8) is 0 Å². The summed E-state index contributed by atoms with van der Waals surface area (Å²) in [6.45, 7) is 15.3. The predicted molar refractivity (Wildman–Crippen MR) is 93.0 cm³/mol. The lowest BCUT2D eigenvalue weighted by atomic mass is 10.2. The Morgan fingerprint density at radius 1 is 0.955 bits per heavy atom. The Kier molecular flexibility index (Phi) is 21.0. The van der Waals surface area contributed by atoms with Gasteiger partial charge in [-0.25, -0.2) is 0 Å². The summed E-state index contributed by atoms with van der Waals surface area (Å²) >= 11 is 0. The van der Waals surface area contributed by atoms with E-state index in [2.05, 4.69) is 24.1 Å². The van der Waals surface area contributed by atoms with Gasteiger partial charge in [0.1, 0.15) is 6.61 Å². The molecule has 22 heavy (non-hydrogen) atoms. The van der Waals surface area contributed by atoms with E-state index in [0.717, 1.165) is 25.1 Å². The van der Waals surface area contributed by atoms with Crippen molar-refractivity contribution in [2.45, 2.75) is 53.4 Å². The van der Waals surface area contributed by atoms with Crippen LogP contribution in [0.3, 0.4) is 0 Å². The molecule has 0 aliphatic carbocycles. The fourth-order valence-corrected chi connectivity index (χ4v) is 1.48. The van der Waals surface area contributed by atoms with Crippen LogP contribution in [0.1, 0.15) is 53.4 Å². The molecule has 0 bridgehead atoms. The van der Waals surface area contributed by atoms with Crippen molar-refractivity contribution < 1.29 is 14.3 Å². The molecule has 0 aliphatic rings. The van der Waals surface area contributed by atoms with Gasteiger partial charge in [0.25, 0.3) is 0 Å². The molecule has 0 saturated heterocycles. The van der Waals surface area contributed by atoms with E-state index in [-0.39, 0.29) is 12.5 Å². The quantitative estimate of drug-likeness (QED) is 0.484. The second-order valence-corrected chi connectivity index (χ2v) is 4.65. The lowest BCUT2D eigenvalue weighted by Crippen LogP contribution is -2.28. The molecule has 2 N–H and O–H groups in total. The molecular weight excluding hydrogens is 280 g/mol. The van der Waals surface area contributed by atoms with Gasteiger partial charge in [0, 0.05) is 18.8 Å². The van der Waals surface area contributed by atoms with Crippen LogP contribution in [0.2, 0.25) is 0 Å². The maximum Gasteiger partial charge on any atom is 0.245 e. The van der Waals surface area contributed by atoms with Gasteiger partial charge in [0.2, 0.25) is 5.91 Å². The molecule has 5 nitrogen and oxygen atoms in total. The zero-order valence-electron chi connectivity index (χ0n) is 15.0. The van der Waals surface area contributed by atoms with Crippen LogP contribution in [0.25, 0.3) is 0 Å². The van der Waals surface area contributed by atoms with Crippen molar-refractivity contribution in [1.29, 1.82) is 0 Å². The Morgan fingerprint density at radius 3 is 2.27 bits per heavy atom. The Bertz CT molecular complexity index is 232. The number of unbranched alkanes of at least 4 members (excludes halogenated alkanes) is 1. The van der Waals surface area contributed by atoms with Crippen LogP contribution in [0.4, 0.5) is 0 Å². The molecule has 0 aromatic rings. The standard InChI is InChI=1S/C15H30N2O3.C2H6/c1-4-6-7-14(3)16-9-10-19-11-12-20-13-15(18)17-8-5-2;1-2/h16H,3-13H2,1-2H3,(H,17,18);1-2H3. The van der Waals surface area contributed by atoms with E-state index in [0.29, 0.717) is 26.4 Å². The SMILES string of the molecule is C=C(CCCC)NCCOCCOCC(=O)NCCC.CC. The number of hydrogen-bond acceptors (Lipinski definition) is 4. The highest BCUT2D eigenvalue weighted by Gasteiger charge is 1.99. The molecule has 0 saturated carbocycles. The summed E-state index contributed by atoms with van der Waals surface area (Å²) in [5.41, 5.74) is 1.07. The number of nitrogens with one attached hydrogen (secondary N) is 2. The summed E-state index contributed by atoms with van der Waals surface area (Å²) in [6, 6.07) is 0. The van der Waals surface area contributed by atoms with Crippen molar-refractivity contribution in [3.05, 3.63) is 12.3 Å². The molecular formula is C17H36N2O3. The number of ether oxygens (including phenoxy) is 2. The van der Waals surface area contributed by atoms with Crippen molar-refractivity contribution in [1.82, 2.24) is 10.6 Å². The third kappa shape index (κ3) is 18.9. The van der Waals surface area contributed by atoms with Crippen LogP contribution in [-0.2, 0) is 14.3 Å². The van der Waals surface area contributed by atoms with E-state index in [1.165, 1.54) is 12.8 Å². The summed E-state index contributed by atoms with van der Waals surface area (Å²) in [6.07, 6.45) is 4.30. The van der Waals surface area contributed by atoms with Crippen LogP contribution in [0, 0.1) is 0 Å². The van der Waals surface area contributed by atoms with E-state index >= 15 is 0 Å². The molecule has 0 aromatic carbocycles. The Labute approximate surface area is 136 Å². The number of hydrogen-bond donors (Lipinski definition) is 2. The molecule has 0 unspecified atom stereocenters. The molecule has 5 heteroatoms. The second-order valence-electron chi connectivity index (χ2n) is 4.65. The molecule has 1 amide bonds. The van der Waals surface area contributed by atoms with Gasteiger partial charge in [0.05, 0.1) is 19.8 Å². The van der Waals surface area contributed by atoms with Crippen LogP contribution in [0.15, 0.2) is 12.3 Å². The van der Waals surface area contributed by atoms with Gasteiger partial charge < -0.3 is 20.1 Å². The van der Waals surface area contributed by atoms with E-state index in [1.54, 1.807) is 0 Å². The second kappa shape index (κ2) is 19.9. The molecule has 0 spiro atoms. The minimum Gasteiger partial charge on any atom is -0.387 e. The fourth-order valence-electron chi connectivity index (χ4n) is 1.48. The predicted octanol–water partition coefficient (Wildman–Crippen LogP) is 2.87. The third-order valence-corrected chi connectivity index (χ3v) is 2.63. The van der Waals surface area contributed by atoms with Gasteiger partial charge in [0.15, 0.2) is 0 Å². The Hall–Kier alpha value is -1.07. The van der Waals surface area contributed by atoms with Crippen LogP contribution in [-0.4, -0.2) is 45.4 Å². The average molecular weight is 316 g/mol. The Morgan fingerprint density at radius 2 is 1.64 bits per heavy atom. The molecule has 0 rings (SSSR count). The summed E-state index contributed by atoms with van der Waals surface area (Å²) in [5.74, 6) is -0.0688. The number of carbonyl (C=O) groups is 1. The van der Waals surface area contributed by atoms with Gasteiger partial charge in [-0.2, -0.15) is 0 Å². The average Bonchev–Trinajstić information content (AvgIpc) is 2.55. The van der Waals surface area contributed by atoms with Crippen LogP contribution >= 0.6 is 0 Å². The first-order chi connectivity index (χ1) is 10.7. The van der Waals surface area contributed by atoms with E-state index < -0.39 is 0 Å². The first-order valence-corrected chi connectivity index (χ1v) is 8.54. The highest BCUT2D eigenvalue weighted by Crippen LogP contribution is 2.00. The summed E-state index contributed by atoms with van der Waals surface area (Å²) in [4.78, 5) is 11.2. The first-order valence-electron chi connectivity index (χ1n) is 8.54. The van der Waals surface area contributed by atoms with Gasteiger partial charge in [-0.15, -0.1) is 0 Å².